The Labute approximate surface area is 148 Å². The van der Waals surface area contributed by atoms with Gasteiger partial charge in [-0.1, -0.05) is 11.3 Å². The Morgan fingerprint density at radius 3 is 2.92 bits per heavy atom. The van der Waals surface area contributed by atoms with Crippen LogP contribution in [-0.4, -0.2) is 29.0 Å². The fraction of sp³-hybridized carbons (Fsp3) is 0.471. The summed E-state index contributed by atoms with van der Waals surface area (Å²) in [4.78, 5) is 23.1. The third kappa shape index (κ3) is 3.01. The van der Waals surface area contributed by atoms with Gasteiger partial charge in [-0.15, -0.1) is 0 Å². The summed E-state index contributed by atoms with van der Waals surface area (Å²) in [7, 11) is 0. The molecule has 1 aliphatic carbocycles. The largest absolute Gasteiger partial charge is 0.347 e. The third-order valence-corrected chi connectivity index (χ3v) is 5.72. The molecular weight excluding hydrogens is 336 g/mol. The average Bonchev–Trinajstić information content (AvgIpc) is 3.40. The molecule has 0 aromatic carbocycles. The van der Waals surface area contributed by atoms with E-state index in [4.69, 9.17) is 0 Å². The Balaban J connectivity index is 1.71. The topological polar surface area (TPSA) is 106 Å². The normalized spacial score (nSPS) is 20.1. The Morgan fingerprint density at radius 2 is 2.20 bits per heavy atom. The number of nitrogens with one attached hydrogen (secondary N) is 1. The highest BCUT2D eigenvalue weighted by Crippen LogP contribution is 2.37. The van der Waals surface area contributed by atoms with Gasteiger partial charge in [0.05, 0.1) is 17.6 Å². The number of thiazole rings is 1. The lowest BCUT2D eigenvalue weighted by Crippen LogP contribution is -2.34. The van der Waals surface area contributed by atoms with Crippen LogP contribution in [0.1, 0.15) is 31.2 Å². The number of nitriles is 2. The van der Waals surface area contributed by atoms with E-state index in [-0.39, 0.29) is 17.7 Å². The number of fused-ring (bicyclic) bond motifs is 1. The molecule has 0 spiro atoms. The molecule has 1 amide bonds. The second kappa shape index (κ2) is 6.30. The minimum Gasteiger partial charge on any atom is -0.347 e. The molecular formula is C17H16N6OS. The van der Waals surface area contributed by atoms with E-state index in [2.05, 4.69) is 32.3 Å². The molecule has 0 unspecified atom stereocenters. The van der Waals surface area contributed by atoms with E-state index in [9.17, 15) is 15.3 Å². The fourth-order valence-corrected chi connectivity index (χ4v) is 4.09. The zero-order valence-corrected chi connectivity index (χ0v) is 14.3. The molecule has 1 atom stereocenters. The molecule has 1 N–H and O–H groups in total. The quantitative estimate of drug-likeness (QED) is 0.910. The SMILES string of the molecule is N#Cc1cnc(NC(=O)C2CC2)c2sc(N3CCC[C@@H](C#N)C3)nc12. The first kappa shape index (κ1) is 15.8. The number of anilines is 2. The lowest BCUT2D eigenvalue weighted by atomic mass is 10.0. The number of pyridine rings is 1. The smallest absolute Gasteiger partial charge is 0.228 e. The first-order chi connectivity index (χ1) is 12.2. The number of piperidine rings is 1. The minimum atomic E-state index is -0.0176. The van der Waals surface area contributed by atoms with Gasteiger partial charge in [-0.2, -0.15) is 10.5 Å². The second-order valence-corrected chi connectivity index (χ2v) is 7.46. The summed E-state index contributed by atoms with van der Waals surface area (Å²) in [5, 5.41) is 22.2. The van der Waals surface area contributed by atoms with Crippen molar-refractivity contribution in [2.45, 2.75) is 25.7 Å². The van der Waals surface area contributed by atoms with Crippen LogP contribution in [-0.2, 0) is 4.79 Å². The van der Waals surface area contributed by atoms with Gasteiger partial charge < -0.3 is 10.2 Å². The molecule has 2 aliphatic rings. The van der Waals surface area contributed by atoms with Crippen molar-refractivity contribution in [2.75, 3.05) is 23.3 Å². The zero-order valence-electron chi connectivity index (χ0n) is 13.5. The van der Waals surface area contributed by atoms with E-state index in [1.54, 1.807) is 0 Å². The maximum absolute atomic E-state index is 12.1. The number of hydrogen-bond acceptors (Lipinski definition) is 7. The van der Waals surface area contributed by atoms with E-state index in [1.165, 1.54) is 17.5 Å². The number of amides is 1. The van der Waals surface area contributed by atoms with Crippen molar-refractivity contribution < 1.29 is 4.79 Å². The number of rotatable bonds is 3. The van der Waals surface area contributed by atoms with Gasteiger partial charge in [-0.3, -0.25) is 4.79 Å². The Bertz CT molecular complexity index is 920. The Morgan fingerprint density at radius 1 is 1.36 bits per heavy atom. The summed E-state index contributed by atoms with van der Waals surface area (Å²) < 4.78 is 0.724. The zero-order chi connectivity index (χ0) is 17.4. The second-order valence-electron chi connectivity index (χ2n) is 6.48. The number of nitrogens with zero attached hydrogens (tertiary/aromatic N) is 5. The van der Waals surface area contributed by atoms with Crippen LogP contribution < -0.4 is 10.2 Å². The van der Waals surface area contributed by atoms with Gasteiger partial charge in [0.2, 0.25) is 5.91 Å². The van der Waals surface area contributed by atoms with E-state index in [1.807, 2.05) is 0 Å². The first-order valence-electron chi connectivity index (χ1n) is 8.34. The molecule has 4 rings (SSSR count). The average molecular weight is 352 g/mol. The highest BCUT2D eigenvalue weighted by Gasteiger charge is 2.31. The van der Waals surface area contributed by atoms with Crippen LogP contribution in [0, 0.1) is 34.5 Å². The summed E-state index contributed by atoms with van der Waals surface area (Å²) in [5.74, 6) is 0.543. The standard InChI is InChI=1S/C17H16N6OS/c18-6-10-2-1-5-23(9-10)17-21-13-12(7-19)8-20-15(14(13)25-17)22-16(24)11-3-4-11/h8,10-11H,1-5,9H2,(H,20,22,24)/t10-/m0/s1. The number of carbonyl (C=O) groups is 1. The summed E-state index contributed by atoms with van der Waals surface area (Å²) in [6.07, 6.45) is 5.15. The van der Waals surface area contributed by atoms with Gasteiger partial charge in [0, 0.05) is 25.2 Å². The van der Waals surface area contributed by atoms with Crippen molar-refractivity contribution in [1.82, 2.24) is 9.97 Å². The van der Waals surface area contributed by atoms with Crippen molar-refractivity contribution in [1.29, 1.82) is 10.5 Å². The lowest BCUT2D eigenvalue weighted by molar-refractivity contribution is -0.117. The van der Waals surface area contributed by atoms with Crippen LogP contribution in [0.2, 0.25) is 0 Å². The van der Waals surface area contributed by atoms with Crippen molar-refractivity contribution in [3.8, 4) is 12.1 Å². The maximum atomic E-state index is 12.1. The lowest BCUT2D eigenvalue weighted by Gasteiger charge is -2.28. The van der Waals surface area contributed by atoms with E-state index in [0.717, 1.165) is 42.1 Å². The fourth-order valence-electron chi connectivity index (χ4n) is 3.03. The molecule has 0 bridgehead atoms. The summed E-state index contributed by atoms with van der Waals surface area (Å²) >= 11 is 1.42. The van der Waals surface area contributed by atoms with Gasteiger partial charge >= 0.3 is 0 Å². The molecule has 2 aromatic rings. The number of hydrogen-bond donors (Lipinski definition) is 1. The van der Waals surface area contributed by atoms with Crippen molar-refractivity contribution in [2.24, 2.45) is 11.8 Å². The monoisotopic (exact) mass is 352 g/mol. The molecule has 8 heteroatoms. The van der Waals surface area contributed by atoms with Crippen LogP contribution in [0.15, 0.2) is 6.20 Å². The molecule has 1 aliphatic heterocycles. The van der Waals surface area contributed by atoms with E-state index < -0.39 is 0 Å². The molecule has 7 nitrogen and oxygen atoms in total. The highest BCUT2D eigenvalue weighted by atomic mass is 32.1. The van der Waals surface area contributed by atoms with Gasteiger partial charge in [0.25, 0.3) is 0 Å². The van der Waals surface area contributed by atoms with E-state index >= 15 is 0 Å². The van der Waals surface area contributed by atoms with Crippen molar-refractivity contribution in [3.05, 3.63) is 11.8 Å². The van der Waals surface area contributed by atoms with Crippen LogP contribution in [0.4, 0.5) is 10.9 Å². The molecule has 2 fully saturated rings. The van der Waals surface area contributed by atoms with Crippen molar-refractivity contribution >= 4 is 38.4 Å². The Kier molecular flexibility index (Phi) is 3.98. The van der Waals surface area contributed by atoms with Crippen LogP contribution in [0.5, 0.6) is 0 Å². The van der Waals surface area contributed by atoms with Gasteiger partial charge in [0.15, 0.2) is 10.9 Å². The summed E-state index contributed by atoms with van der Waals surface area (Å²) in [6, 6.07) is 4.45. The molecule has 25 heavy (non-hydrogen) atoms. The Hall–Kier alpha value is -2.71. The predicted octanol–water partition coefficient (Wildman–Crippen LogP) is 2.65. The first-order valence-corrected chi connectivity index (χ1v) is 9.16. The predicted molar refractivity (Wildman–Crippen MR) is 94.0 cm³/mol. The highest BCUT2D eigenvalue weighted by molar-refractivity contribution is 7.22. The van der Waals surface area contributed by atoms with Crippen LogP contribution in [0.3, 0.4) is 0 Å². The van der Waals surface area contributed by atoms with E-state index in [0.29, 0.717) is 23.4 Å². The molecule has 1 saturated heterocycles. The van der Waals surface area contributed by atoms with Crippen LogP contribution >= 0.6 is 11.3 Å². The summed E-state index contributed by atoms with van der Waals surface area (Å²) in [5.41, 5.74) is 0.971. The van der Waals surface area contributed by atoms with Gasteiger partial charge in [-0.05, 0) is 25.7 Å². The van der Waals surface area contributed by atoms with Crippen molar-refractivity contribution in [3.63, 3.8) is 0 Å². The molecule has 1 saturated carbocycles. The van der Waals surface area contributed by atoms with Gasteiger partial charge in [-0.25, -0.2) is 9.97 Å². The number of carbonyl (C=O) groups excluding carboxylic acids is 1. The molecule has 0 radical (unpaired) electrons. The summed E-state index contributed by atoms with van der Waals surface area (Å²) in [6.45, 7) is 1.49. The maximum Gasteiger partial charge on any atom is 0.228 e. The van der Waals surface area contributed by atoms with Crippen LogP contribution in [0.25, 0.3) is 10.2 Å². The molecule has 126 valence electrons. The van der Waals surface area contributed by atoms with Gasteiger partial charge in [0.1, 0.15) is 16.3 Å². The number of aromatic nitrogens is 2. The molecule has 3 heterocycles. The molecule has 2 aromatic heterocycles. The third-order valence-electron chi connectivity index (χ3n) is 4.59. The minimum absolute atomic E-state index is 0.00312.